The van der Waals surface area contributed by atoms with Gasteiger partial charge in [-0.1, -0.05) is 131 Å². The van der Waals surface area contributed by atoms with Gasteiger partial charge in [0.1, 0.15) is 32.9 Å². The van der Waals surface area contributed by atoms with Crippen LogP contribution in [0.1, 0.15) is 106 Å². The van der Waals surface area contributed by atoms with E-state index in [0.717, 1.165) is 66.5 Å². The van der Waals surface area contributed by atoms with E-state index in [1.165, 1.54) is 42.5 Å². The fraction of sp³-hybridized carbons (Fsp3) is 0.118. The van der Waals surface area contributed by atoms with Gasteiger partial charge in [0.25, 0.3) is 0 Å². The zero-order valence-electron chi connectivity index (χ0n) is 52.7. The summed E-state index contributed by atoms with van der Waals surface area (Å²) >= 11 is 10.2. The molecule has 6 aliphatic rings. The molecule has 2 aliphatic heterocycles. The number of ketones is 3. The molecule has 0 aromatic heterocycles. The van der Waals surface area contributed by atoms with Crippen LogP contribution in [0.5, 0.6) is 11.5 Å². The van der Waals surface area contributed by atoms with Gasteiger partial charge < -0.3 is 44.3 Å². The van der Waals surface area contributed by atoms with E-state index in [1.807, 2.05) is 126 Å². The molecule has 15 nitrogen and oxygen atoms in total. The maximum absolute atomic E-state index is 13.7. The summed E-state index contributed by atoms with van der Waals surface area (Å²) in [5.41, 5.74) is 13.1. The molecule has 478 valence electrons. The Labute approximate surface area is 604 Å². The van der Waals surface area contributed by atoms with Crippen molar-refractivity contribution in [2.45, 2.75) is 41.5 Å². The third-order valence-electron chi connectivity index (χ3n) is 16.2. The SMILES string of the molecule is CCNc1cc2oc3cc(NCC)c(C)c(=O)c-3c(-c3ccccc3C(=O)OCC)c2cc1C.Cc1cc2oc3c(Br)c(=O)c(Br)cc-3c(-c3ccccc3C(=O)[O-])c2cc1Br.Cl.O=C1c2cccc(O)c2C(=O)c2c(O)cccc21.O=C1c2ccccc2-c2ccccc21.[Na+]. The number of carbonyl (C=O) groups excluding carboxylic acids is 5. The molecule has 0 spiro atoms. The van der Waals surface area contributed by atoms with Gasteiger partial charge in [-0.15, -0.1) is 12.4 Å². The topological polar surface area (TPSA) is 243 Å². The average molecular weight is 1500 g/mol. The zero-order chi connectivity index (χ0) is 67.0. The van der Waals surface area contributed by atoms with E-state index >= 15 is 0 Å². The Kier molecular flexibility index (Phi) is 22.3. The van der Waals surface area contributed by atoms with Gasteiger partial charge in [0.05, 0.1) is 39.3 Å². The van der Waals surface area contributed by atoms with Gasteiger partial charge in [0.15, 0.2) is 22.8 Å². The monoisotopic (exact) mass is 1500 g/mol. The summed E-state index contributed by atoms with van der Waals surface area (Å²) in [7, 11) is 0. The first-order valence-corrected chi connectivity index (χ1v) is 32.2. The van der Waals surface area contributed by atoms with Crippen molar-refractivity contribution in [3.05, 3.63) is 265 Å². The number of halogens is 4. The van der Waals surface area contributed by atoms with E-state index in [9.17, 15) is 48.9 Å². The van der Waals surface area contributed by atoms with Gasteiger partial charge in [0, 0.05) is 102 Å². The van der Waals surface area contributed by atoms with Crippen LogP contribution < -0.4 is 56.2 Å². The Morgan fingerprint density at radius 1 is 0.479 bits per heavy atom. The van der Waals surface area contributed by atoms with Gasteiger partial charge in [-0.2, -0.15) is 0 Å². The molecule has 4 aliphatic carbocycles. The quantitative estimate of drug-likeness (QED) is 0.0597. The molecule has 0 radical (unpaired) electrons. The van der Waals surface area contributed by atoms with Crippen LogP contribution in [0.3, 0.4) is 0 Å². The molecule has 0 amide bonds. The van der Waals surface area contributed by atoms with Crippen LogP contribution in [0.2, 0.25) is 0 Å². The molecule has 20 heteroatoms. The van der Waals surface area contributed by atoms with Crippen molar-refractivity contribution in [1.82, 2.24) is 0 Å². The maximum atomic E-state index is 13.7. The summed E-state index contributed by atoms with van der Waals surface area (Å²) in [6.07, 6.45) is 0. The molecule has 0 saturated carbocycles. The number of aryl methyl sites for hydroxylation is 2. The van der Waals surface area contributed by atoms with E-state index in [0.29, 0.717) is 78.2 Å². The number of hydrogen-bond donors (Lipinski definition) is 4. The van der Waals surface area contributed by atoms with E-state index in [1.54, 1.807) is 43.3 Å². The van der Waals surface area contributed by atoms with E-state index < -0.39 is 17.7 Å². The molecule has 0 saturated heterocycles. The van der Waals surface area contributed by atoms with Crippen LogP contribution in [-0.4, -0.2) is 59.2 Å². The summed E-state index contributed by atoms with van der Waals surface area (Å²) in [5, 5.41) is 39.3. The Bertz CT molecular complexity index is 5100. The van der Waals surface area contributed by atoms with Crippen molar-refractivity contribution in [3.8, 4) is 67.5 Å². The number of rotatable bonds is 9. The number of carboxylic acid groups (broad SMARTS) is 1. The first-order valence-electron chi connectivity index (χ1n) is 29.8. The second-order valence-electron chi connectivity index (χ2n) is 22.0. The number of ether oxygens (including phenoxy) is 1. The predicted octanol–water partition coefficient (Wildman–Crippen LogP) is 13.9. The molecule has 0 atom stereocenters. The molecule has 0 unspecified atom stereocenters. The second kappa shape index (κ2) is 30.0. The first kappa shape index (κ1) is 71.3. The van der Waals surface area contributed by atoms with E-state index in [2.05, 4.69) is 58.4 Å². The van der Waals surface area contributed by atoms with Crippen LogP contribution in [0, 0.1) is 20.8 Å². The number of carbonyl (C=O) groups is 5. The van der Waals surface area contributed by atoms with Crippen molar-refractivity contribution in [1.29, 1.82) is 0 Å². The third-order valence-corrected chi connectivity index (χ3v) is 18.4. The Morgan fingerprint density at radius 2 is 0.969 bits per heavy atom. The number of aromatic hydroxyl groups is 2. The van der Waals surface area contributed by atoms with Crippen LogP contribution in [0.15, 0.2) is 202 Å². The van der Waals surface area contributed by atoms with Gasteiger partial charge in [-0.05, 0) is 149 Å². The normalized spacial score (nSPS) is 11.5. The summed E-state index contributed by atoms with van der Waals surface area (Å²) in [6, 6.07) is 49.3. The Balaban J connectivity index is 0.000000156. The molecule has 8 aromatic rings. The number of phenolic OH excluding ortho intramolecular Hbond substituents is 2. The summed E-state index contributed by atoms with van der Waals surface area (Å²) in [4.78, 5) is 87.0. The van der Waals surface area contributed by atoms with Crippen molar-refractivity contribution in [2.75, 3.05) is 30.3 Å². The van der Waals surface area contributed by atoms with Crippen molar-refractivity contribution >= 4 is 123 Å². The molecular weight excluding hydrogens is 1450 g/mol. The van der Waals surface area contributed by atoms with E-state index in [4.69, 9.17) is 13.6 Å². The van der Waals surface area contributed by atoms with Gasteiger partial charge in [-0.25, -0.2) is 4.79 Å². The molecule has 0 fully saturated rings. The predicted molar refractivity (Wildman–Crippen MR) is 381 cm³/mol. The molecule has 8 aromatic carbocycles. The van der Waals surface area contributed by atoms with Crippen LogP contribution in [-0.2, 0) is 4.74 Å². The number of carboxylic acids is 1. The third kappa shape index (κ3) is 13.4. The Hall–Kier alpha value is -8.98. The van der Waals surface area contributed by atoms with Crippen LogP contribution >= 0.6 is 60.2 Å². The van der Waals surface area contributed by atoms with Crippen molar-refractivity contribution < 1.29 is 82.4 Å². The number of fused-ring (bicyclic) bond motifs is 9. The number of aromatic carboxylic acids is 1. The average Bonchev–Trinajstić information content (AvgIpc) is 0.994. The largest absolute Gasteiger partial charge is 1.00 e. The fourth-order valence-electron chi connectivity index (χ4n) is 11.8. The molecule has 2 heterocycles. The second-order valence-corrected chi connectivity index (χ2v) is 24.5. The molecule has 14 rings (SSSR count). The van der Waals surface area contributed by atoms with E-state index in [-0.39, 0.29) is 115 Å². The van der Waals surface area contributed by atoms with Gasteiger partial charge in [0.2, 0.25) is 11.2 Å². The van der Waals surface area contributed by atoms with Gasteiger partial charge >= 0.3 is 35.5 Å². The fourth-order valence-corrected chi connectivity index (χ4v) is 13.4. The molecule has 4 N–H and O–H groups in total. The summed E-state index contributed by atoms with van der Waals surface area (Å²) in [5.74, 6) is -2.13. The number of phenols is 2. The smallest absolute Gasteiger partial charge is 0.545 e. The number of nitrogens with one attached hydrogen (secondary N) is 2. The molecule has 0 bridgehead atoms. The van der Waals surface area contributed by atoms with Crippen molar-refractivity contribution in [2.24, 2.45) is 0 Å². The standard InChI is InChI=1S/C28H30N2O4.C21H11Br3O4.C14H8O4.C13H8O.ClH.Na/c1-6-29-21-14-23-20(13-16(21)4)25(18-11-9-10-12-19(18)28(32)33-8-3)26-24(34-23)15-22(30-7-2)17(5)27(26)31;1-9-6-16-12(7-14(9)22)17(10-4-2-3-5-11(10)21(26)27)13-8-15(23)19(25)18(24)20(13)28-16;15-9-5-1-3-7-11(9)14(18)12-8(13(7)17)4-2-6-10(12)16;14-13-11-7-3-1-5-9(11)10-6-2-4-8-12(10)13;;/h9-15,29-30H,6-8H2,1-5H3;2-8H,1H3,(H,26,27);1-6,15-16H;1-8H;1H;/q;;;;;+1/p-1. The molecular formula is C76H57Br3ClN2NaO13. The minimum Gasteiger partial charge on any atom is -0.545 e. The maximum Gasteiger partial charge on any atom is 1.00 e. The molecule has 96 heavy (non-hydrogen) atoms. The number of benzene rings is 10. The van der Waals surface area contributed by atoms with Crippen molar-refractivity contribution in [3.63, 3.8) is 0 Å². The minimum atomic E-state index is -1.28. The summed E-state index contributed by atoms with van der Waals surface area (Å²) < 4.78 is 19.2. The number of hydrogen-bond acceptors (Lipinski definition) is 15. The minimum absolute atomic E-state index is 0. The Morgan fingerprint density at radius 3 is 1.53 bits per heavy atom. The zero-order valence-corrected chi connectivity index (χ0v) is 60.3. The van der Waals surface area contributed by atoms with Crippen LogP contribution in [0.4, 0.5) is 11.4 Å². The van der Waals surface area contributed by atoms with Crippen LogP contribution in [0.25, 0.3) is 78.0 Å². The first-order chi connectivity index (χ1) is 45.2. The summed E-state index contributed by atoms with van der Waals surface area (Å²) in [6.45, 7) is 13.3. The number of esters is 1. The van der Waals surface area contributed by atoms with Gasteiger partial charge in [-0.3, -0.25) is 24.0 Å². The number of anilines is 2.